The zero-order valence-corrected chi connectivity index (χ0v) is 11.9. The maximum absolute atomic E-state index is 11.8. The summed E-state index contributed by atoms with van der Waals surface area (Å²) in [6, 6.07) is 6.35. The Morgan fingerprint density at radius 3 is 2.90 bits per heavy atom. The standard InChI is InChI=1S/C14H14ClN3O3/c15-10-4-3-9(7-16)12(6-10)18-14(20)13(19)17-8-11-2-1-5-21-11/h3-4,6,11H,1-2,5,8H2,(H,17,19)(H,18,20). The molecular formula is C14H14ClN3O3. The Labute approximate surface area is 127 Å². The van der Waals surface area contributed by atoms with Gasteiger partial charge in [-0.3, -0.25) is 9.59 Å². The van der Waals surface area contributed by atoms with E-state index in [1.807, 2.05) is 6.07 Å². The van der Waals surface area contributed by atoms with Gasteiger partial charge in [0.1, 0.15) is 6.07 Å². The first kappa shape index (κ1) is 15.3. The summed E-state index contributed by atoms with van der Waals surface area (Å²) in [5, 5.41) is 14.2. The predicted octanol–water partition coefficient (Wildman–Crippen LogP) is 1.45. The lowest BCUT2D eigenvalue weighted by atomic mass is 10.2. The molecule has 2 amide bonds. The minimum Gasteiger partial charge on any atom is -0.376 e. The molecule has 2 rings (SSSR count). The Balaban J connectivity index is 1.92. The van der Waals surface area contributed by atoms with Crippen LogP contribution in [0.25, 0.3) is 0 Å². The Kier molecular flexibility index (Phi) is 5.14. The Bertz CT molecular complexity index is 592. The molecule has 2 N–H and O–H groups in total. The summed E-state index contributed by atoms with van der Waals surface area (Å²) < 4.78 is 5.35. The van der Waals surface area contributed by atoms with Gasteiger partial charge in [0.25, 0.3) is 0 Å². The Morgan fingerprint density at radius 2 is 2.24 bits per heavy atom. The summed E-state index contributed by atoms with van der Waals surface area (Å²) in [6.45, 7) is 0.980. The summed E-state index contributed by atoms with van der Waals surface area (Å²) in [7, 11) is 0. The predicted molar refractivity (Wildman–Crippen MR) is 76.8 cm³/mol. The lowest BCUT2D eigenvalue weighted by Gasteiger charge is -2.11. The van der Waals surface area contributed by atoms with Crippen molar-refractivity contribution in [2.75, 3.05) is 18.5 Å². The van der Waals surface area contributed by atoms with Gasteiger partial charge in [-0.05, 0) is 31.0 Å². The summed E-state index contributed by atoms with van der Waals surface area (Å²) in [6.07, 6.45) is 1.79. The van der Waals surface area contributed by atoms with E-state index in [9.17, 15) is 9.59 Å². The lowest BCUT2D eigenvalue weighted by molar-refractivity contribution is -0.136. The third-order valence-electron chi connectivity index (χ3n) is 3.07. The van der Waals surface area contributed by atoms with E-state index in [2.05, 4.69) is 10.6 Å². The minimum atomic E-state index is -0.841. The van der Waals surface area contributed by atoms with E-state index in [-0.39, 0.29) is 17.4 Å². The molecule has 0 bridgehead atoms. The third-order valence-corrected chi connectivity index (χ3v) is 3.31. The van der Waals surface area contributed by atoms with Crippen molar-refractivity contribution >= 4 is 29.1 Å². The molecule has 1 aromatic rings. The SMILES string of the molecule is N#Cc1ccc(Cl)cc1NC(=O)C(=O)NCC1CCCO1. The molecule has 1 saturated heterocycles. The molecule has 1 aromatic carbocycles. The van der Waals surface area contributed by atoms with Crippen LogP contribution in [0.15, 0.2) is 18.2 Å². The highest BCUT2D eigenvalue weighted by atomic mass is 35.5. The van der Waals surface area contributed by atoms with Crippen molar-refractivity contribution in [3.8, 4) is 6.07 Å². The monoisotopic (exact) mass is 307 g/mol. The van der Waals surface area contributed by atoms with Crippen molar-refractivity contribution in [1.29, 1.82) is 5.26 Å². The zero-order chi connectivity index (χ0) is 15.2. The number of benzene rings is 1. The van der Waals surface area contributed by atoms with Gasteiger partial charge >= 0.3 is 11.8 Å². The van der Waals surface area contributed by atoms with Crippen LogP contribution in [0.1, 0.15) is 18.4 Å². The summed E-state index contributed by atoms with van der Waals surface area (Å²) >= 11 is 5.81. The van der Waals surface area contributed by atoms with Gasteiger partial charge in [-0.2, -0.15) is 5.26 Å². The number of carbonyl (C=O) groups is 2. The molecule has 1 aliphatic rings. The lowest BCUT2D eigenvalue weighted by Crippen LogP contribution is -2.39. The molecule has 0 aromatic heterocycles. The maximum Gasteiger partial charge on any atom is 0.313 e. The van der Waals surface area contributed by atoms with Gasteiger partial charge in [-0.1, -0.05) is 11.6 Å². The van der Waals surface area contributed by atoms with Crippen LogP contribution in [-0.2, 0) is 14.3 Å². The molecule has 0 aliphatic carbocycles. The van der Waals surface area contributed by atoms with Crippen molar-refractivity contribution in [1.82, 2.24) is 5.32 Å². The number of halogens is 1. The smallest absolute Gasteiger partial charge is 0.313 e. The number of anilines is 1. The molecule has 0 saturated carbocycles. The number of carbonyl (C=O) groups excluding carboxylic acids is 2. The van der Waals surface area contributed by atoms with Crippen LogP contribution < -0.4 is 10.6 Å². The second kappa shape index (κ2) is 7.07. The molecule has 1 unspecified atom stereocenters. The van der Waals surface area contributed by atoms with Crippen LogP contribution in [-0.4, -0.2) is 31.1 Å². The highest BCUT2D eigenvalue weighted by molar-refractivity contribution is 6.40. The van der Waals surface area contributed by atoms with Gasteiger partial charge in [0.05, 0.1) is 17.4 Å². The third kappa shape index (κ3) is 4.18. The molecular weight excluding hydrogens is 294 g/mol. The fraction of sp³-hybridized carbons (Fsp3) is 0.357. The van der Waals surface area contributed by atoms with E-state index >= 15 is 0 Å². The molecule has 21 heavy (non-hydrogen) atoms. The Hall–Kier alpha value is -2.10. The number of hydrogen-bond acceptors (Lipinski definition) is 4. The molecule has 110 valence electrons. The van der Waals surface area contributed by atoms with Gasteiger partial charge in [0.2, 0.25) is 0 Å². The van der Waals surface area contributed by atoms with Gasteiger partial charge < -0.3 is 15.4 Å². The average Bonchev–Trinajstić information content (AvgIpc) is 2.98. The average molecular weight is 308 g/mol. The second-order valence-electron chi connectivity index (χ2n) is 4.60. The number of ether oxygens (including phenoxy) is 1. The first-order valence-electron chi connectivity index (χ1n) is 6.50. The quantitative estimate of drug-likeness (QED) is 0.827. The highest BCUT2D eigenvalue weighted by Crippen LogP contribution is 2.20. The molecule has 0 radical (unpaired) electrons. The molecule has 7 heteroatoms. The van der Waals surface area contributed by atoms with Gasteiger partial charge in [0.15, 0.2) is 0 Å². The van der Waals surface area contributed by atoms with Gasteiger partial charge in [0, 0.05) is 18.2 Å². The van der Waals surface area contributed by atoms with Crippen molar-refractivity contribution in [3.63, 3.8) is 0 Å². The van der Waals surface area contributed by atoms with Crippen molar-refractivity contribution in [2.24, 2.45) is 0 Å². The van der Waals surface area contributed by atoms with Crippen LogP contribution in [0.2, 0.25) is 5.02 Å². The normalized spacial score (nSPS) is 17.0. The number of nitrogens with zero attached hydrogens (tertiary/aromatic N) is 1. The highest BCUT2D eigenvalue weighted by Gasteiger charge is 2.20. The van der Waals surface area contributed by atoms with Crippen molar-refractivity contribution < 1.29 is 14.3 Å². The molecule has 1 fully saturated rings. The van der Waals surface area contributed by atoms with Crippen LogP contribution in [0.4, 0.5) is 5.69 Å². The maximum atomic E-state index is 11.8. The fourth-order valence-corrected chi connectivity index (χ4v) is 2.16. The van der Waals surface area contributed by atoms with Gasteiger partial charge in [-0.15, -0.1) is 0 Å². The zero-order valence-electron chi connectivity index (χ0n) is 11.2. The molecule has 6 nitrogen and oxygen atoms in total. The van der Waals surface area contributed by atoms with Crippen molar-refractivity contribution in [3.05, 3.63) is 28.8 Å². The summed E-state index contributed by atoms with van der Waals surface area (Å²) in [4.78, 5) is 23.5. The van der Waals surface area contributed by atoms with E-state index < -0.39 is 11.8 Å². The fourth-order valence-electron chi connectivity index (χ4n) is 1.99. The van der Waals surface area contributed by atoms with Gasteiger partial charge in [-0.25, -0.2) is 0 Å². The Morgan fingerprint density at radius 1 is 1.43 bits per heavy atom. The van der Waals surface area contributed by atoms with Crippen molar-refractivity contribution in [2.45, 2.75) is 18.9 Å². The van der Waals surface area contributed by atoms with E-state index in [0.717, 1.165) is 12.8 Å². The van der Waals surface area contributed by atoms with E-state index in [0.29, 0.717) is 18.2 Å². The first-order chi connectivity index (χ1) is 10.1. The number of rotatable bonds is 3. The van der Waals surface area contributed by atoms with Crippen LogP contribution in [0.5, 0.6) is 0 Å². The topological polar surface area (TPSA) is 91.2 Å². The van der Waals surface area contributed by atoms with E-state index in [4.69, 9.17) is 21.6 Å². The first-order valence-corrected chi connectivity index (χ1v) is 6.88. The second-order valence-corrected chi connectivity index (χ2v) is 5.04. The van der Waals surface area contributed by atoms with E-state index in [1.165, 1.54) is 18.2 Å². The van der Waals surface area contributed by atoms with E-state index in [1.54, 1.807) is 0 Å². The molecule has 1 heterocycles. The number of hydrogen-bond donors (Lipinski definition) is 2. The summed E-state index contributed by atoms with van der Waals surface area (Å²) in [5.41, 5.74) is 0.446. The summed E-state index contributed by atoms with van der Waals surface area (Å²) in [5.74, 6) is -1.61. The minimum absolute atomic E-state index is 0.0393. The van der Waals surface area contributed by atoms with Crippen LogP contribution >= 0.6 is 11.6 Å². The number of nitrogens with one attached hydrogen (secondary N) is 2. The molecule has 1 aliphatic heterocycles. The number of nitriles is 1. The molecule has 0 spiro atoms. The van der Waals surface area contributed by atoms with Crippen LogP contribution in [0, 0.1) is 11.3 Å². The number of amides is 2. The molecule has 1 atom stereocenters. The largest absolute Gasteiger partial charge is 0.376 e. The van der Waals surface area contributed by atoms with Crippen LogP contribution in [0.3, 0.4) is 0 Å².